The summed E-state index contributed by atoms with van der Waals surface area (Å²) in [6.45, 7) is 3.81. The Kier molecular flexibility index (Phi) is 4.42. The van der Waals surface area contributed by atoms with Crippen molar-refractivity contribution in [3.05, 3.63) is 35.4 Å². The van der Waals surface area contributed by atoms with Crippen LogP contribution in [0.4, 0.5) is 0 Å². The van der Waals surface area contributed by atoms with E-state index in [0.717, 1.165) is 12.8 Å². The fourth-order valence-electron chi connectivity index (χ4n) is 3.77. The Morgan fingerprint density at radius 3 is 2.20 bits per heavy atom. The van der Waals surface area contributed by atoms with E-state index in [9.17, 15) is 0 Å². The van der Waals surface area contributed by atoms with Gasteiger partial charge in [0.2, 0.25) is 0 Å². The van der Waals surface area contributed by atoms with Gasteiger partial charge in [0.05, 0.1) is 0 Å². The highest BCUT2D eigenvalue weighted by Gasteiger charge is 2.29. The van der Waals surface area contributed by atoms with Crippen molar-refractivity contribution in [2.45, 2.75) is 56.9 Å². The second-order valence-corrected chi connectivity index (χ2v) is 6.71. The molecule has 2 nitrogen and oxygen atoms in total. The van der Waals surface area contributed by atoms with Crippen LogP contribution in [0.1, 0.15) is 56.1 Å². The quantitative estimate of drug-likeness (QED) is 0.909. The van der Waals surface area contributed by atoms with Crippen molar-refractivity contribution < 1.29 is 0 Å². The van der Waals surface area contributed by atoms with Crippen LogP contribution in [0, 0.1) is 0 Å². The summed E-state index contributed by atoms with van der Waals surface area (Å²) in [5.74, 6) is 0. The molecule has 2 N–H and O–H groups in total. The molecule has 2 aliphatic rings. The zero-order valence-corrected chi connectivity index (χ0v) is 12.6. The van der Waals surface area contributed by atoms with E-state index in [1.807, 2.05) is 0 Å². The van der Waals surface area contributed by atoms with E-state index < -0.39 is 0 Å². The van der Waals surface area contributed by atoms with E-state index in [4.69, 9.17) is 5.73 Å². The van der Waals surface area contributed by atoms with Crippen LogP contribution < -0.4 is 5.73 Å². The third-order valence-electron chi connectivity index (χ3n) is 5.19. The van der Waals surface area contributed by atoms with Gasteiger partial charge in [-0.3, -0.25) is 0 Å². The molecule has 20 heavy (non-hydrogen) atoms. The maximum atomic E-state index is 6.60. The molecule has 2 fully saturated rings. The van der Waals surface area contributed by atoms with Gasteiger partial charge in [-0.25, -0.2) is 0 Å². The Morgan fingerprint density at radius 2 is 1.55 bits per heavy atom. The first kappa shape index (κ1) is 14.1. The molecule has 0 aromatic heterocycles. The number of nitrogens with two attached hydrogens (primary N) is 1. The summed E-state index contributed by atoms with van der Waals surface area (Å²) in [7, 11) is 0. The third-order valence-corrected chi connectivity index (χ3v) is 5.19. The molecule has 0 atom stereocenters. The molecule has 1 aliphatic carbocycles. The molecule has 3 rings (SSSR count). The smallest absolute Gasteiger partial charge is 0.0409 e. The van der Waals surface area contributed by atoms with Gasteiger partial charge in [0, 0.05) is 12.1 Å². The van der Waals surface area contributed by atoms with Crippen LogP contribution in [0.2, 0.25) is 0 Å². The van der Waals surface area contributed by atoms with Gasteiger partial charge < -0.3 is 10.6 Å². The van der Waals surface area contributed by atoms with Crippen LogP contribution in [0.3, 0.4) is 0 Å². The summed E-state index contributed by atoms with van der Waals surface area (Å²) < 4.78 is 0. The lowest BCUT2D eigenvalue weighted by molar-refractivity contribution is 0.302. The average molecular weight is 272 g/mol. The predicted molar refractivity (Wildman–Crippen MR) is 84.8 cm³/mol. The molecule has 1 heterocycles. The van der Waals surface area contributed by atoms with E-state index >= 15 is 0 Å². The molecule has 110 valence electrons. The zero-order chi connectivity index (χ0) is 13.8. The summed E-state index contributed by atoms with van der Waals surface area (Å²) >= 11 is 0. The first-order valence-electron chi connectivity index (χ1n) is 8.37. The minimum Gasteiger partial charge on any atom is -0.321 e. The molecule has 1 saturated heterocycles. The minimum atomic E-state index is -0.0499. The van der Waals surface area contributed by atoms with Crippen molar-refractivity contribution in [3.8, 4) is 0 Å². The Hall–Kier alpha value is -0.860. The van der Waals surface area contributed by atoms with Gasteiger partial charge in [-0.05, 0) is 56.3 Å². The Balaban J connectivity index is 1.58. The fourth-order valence-corrected chi connectivity index (χ4v) is 3.77. The minimum absolute atomic E-state index is 0.0499. The Bertz CT molecular complexity index is 412. The maximum absolute atomic E-state index is 6.60. The SMILES string of the molecule is NC1(c2ccc(CCN3CCCC3)cc2)CCCCC1. The van der Waals surface area contributed by atoms with Crippen LogP contribution in [0.5, 0.6) is 0 Å². The van der Waals surface area contributed by atoms with E-state index in [1.54, 1.807) is 0 Å². The number of nitrogens with zero attached hydrogens (tertiary/aromatic N) is 1. The zero-order valence-electron chi connectivity index (χ0n) is 12.6. The van der Waals surface area contributed by atoms with Crippen LogP contribution in [0.25, 0.3) is 0 Å². The summed E-state index contributed by atoms with van der Waals surface area (Å²) in [5.41, 5.74) is 9.35. The normalized spacial score (nSPS) is 23.1. The van der Waals surface area contributed by atoms with Crippen molar-refractivity contribution in [1.29, 1.82) is 0 Å². The van der Waals surface area contributed by atoms with Gasteiger partial charge in [0.15, 0.2) is 0 Å². The first-order valence-corrected chi connectivity index (χ1v) is 8.37. The highest BCUT2D eigenvalue weighted by Crippen LogP contribution is 2.34. The third kappa shape index (κ3) is 3.24. The summed E-state index contributed by atoms with van der Waals surface area (Å²) in [6, 6.07) is 9.17. The molecule has 0 bridgehead atoms. The van der Waals surface area contributed by atoms with Crippen LogP contribution in [-0.2, 0) is 12.0 Å². The van der Waals surface area contributed by atoms with E-state index in [0.29, 0.717) is 0 Å². The standard InChI is InChI=1S/C18H28N2/c19-18(11-2-1-3-12-18)17-8-6-16(7-9-17)10-15-20-13-4-5-14-20/h6-9H,1-5,10-15,19H2. The molecular weight excluding hydrogens is 244 g/mol. The van der Waals surface area contributed by atoms with Crippen molar-refractivity contribution >= 4 is 0 Å². The van der Waals surface area contributed by atoms with E-state index in [2.05, 4.69) is 29.2 Å². The largest absolute Gasteiger partial charge is 0.321 e. The lowest BCUT2D eigenvalue weighted by Gasteiger charge is -2.34. The molecule has 1 saturated carbocycles. The van der Waals surface area contributed by atoms with Gasteiger partial charge in [-0.15, -0.1) is 0 Å². The highest BCUT2D eigenvalue weighted by molar-refractivity contribution is 5.29. The van der Waals surface area contributed by atoms with Crippen molar-refractivity contribution in [2.75, 3.05) is 19.6 Å². The predicted octanol–water partition coefficient (Wildman–Crippen LogP) is 3.44. The maximum Gasteiger partial charge on any atom is 0.0409 e. The van der Waals surface area contributed by atoms with Crippen molar-refractivity contribution in [3.63, 3.8) is 0 Å². The van der Waals surface area contributed by atoms with Crippen molar-refractivity contribution in [1.82, 2.24) is 4.90 Å². The Labute approximate surface area is 123 Å². The topological polar surface area (TPSA) is 29.3 Å². The molecule has 2 heteroatoms. The lowest BCUT2D eigenvalue weighted by atomic mass is 9.77. The first-order chi connectivity index (χ1) is 9.76. The number of hydrogen-bond donors (Lipinski definition) is 1. The average Bonchev–Trinajstić information content (AvgIpc) is 3.00. The van der Waals surface area contributed by atoms with Crippen molar-refractivity contribution in [2.24, 2.45) is 5.73 Å². The molecule has 0 radical (unpaired) electrons. The molecule has 1 aliphatic heterocycles. The highest BCUT2D eigenvalue weighted by atomic mass is 15.1. The number of hydrogen-bond acceptors (Lipinski definition) is 2. The van der Waals surface area contributed by atoms with Gasteiger partial charge in [-0.2, -0.15) is 0 Å². The second-order valence-electron chi connectivity index (χ2n) is 6.71. The van der Waals surface area contributed by atoms with Gasteiger partial charge in [-0.1, -0.05) is 43.5 Å². The second kappa shape index (κ2) is 6.28. The number of benzene rings is 1. The van der Waals surface area contributed by atoms with Crippen LogP contribution in [0.15, 0.2) is 24.3 Å². The molecule has 1 aromatic carbocycles. The molecule has 0 amide bonds. The Morgan fingerprint density at radius 1 is 0.900 bits per heavy atom. The number of likely N-dealkylation sites (tertiary alicyclic amines) is 1. The van der Waals surface area contributed by atoms with Gasteiger partial charge >= 0.3 is 0 Å². The number of rotatable bonds is 4. The molecular formula is C18H28N2. The monoisotopic (exact) mass is 272 g/mol. The van der Waals surface area contributed by atoms with Gasteiger partial charge in [0.1, 0.15) is 0 Å². The van der Waals surface area contributed by atoms with E-state index in [1.165, 1.54) is 69.3 Å². The molecule has 0 spiro atoms. The molecule has 1 aromatic rings. The summed E-state index contributed by atoms with van der Waals surface area (Å²) in [5, 5.41) is 0. The summed E-state index contributed by atoms with van der Waals surface area (Å²) in [6.07, 6.45) is 10.2. The lowest BCUT2D eigenvalue weighted by Crippen LogP contribution is -2.38. The van der Waals surface area contributed by atoms with E-state index in [-0.39, 0.29) is 5.54 Å². The van der Waals surface area contributed by atoms with Crippen LogP contribution >= 0.6 is 0 Å². The summed E-state index contributed by atoms with van der Waals surface area (Å²) in [4.78, 5) is 2.58. The fraction of sp³-hybridized carbons (Fsp3) is 0.667. The van der Waals surface area contributed by atoms with Crippen LogP contribution in [-0.4, -0.2) is 24.5 Å². The molecule has 0 unspecified atom stereocenters. The van der Waals surface area contributed by atoms with Gasteiger partial charge in [0.25, 0.3) is 0 Å².